The summed E-state index contributed by atoms with van der Waals surface area (Å²) < 4.78 is 63.6. The lowest BCUT2D eigenvalue weighted by atomic mass is 10.1. The highest BCUT2D eigenvalue weighted by Gasteiger charge is 2.32. The van der Waals surface area contributed by atoms with Crippen molar-refractivity contribution in [2.45, 2.75) is 32.6 Å². The molecule has 7 rings (SSSR count). The topological polar surface area (TPSA) is 256 Å². The maximum absolute atomic E-state index is 13.5. The van der Waals surface area contributed by atoms with Crippen molar-refractivity contribution in [3.63, 3.8) is 0 Å². The van der Waals surface area contributed by atoms with E-state index in [1.54, 1.807) is 46.0 Å². The number of piperazine rings is 1. The van der Waals surface area contributed by atoms with E-state index >= 15 is 0 Å². The van der Waals surface area contributed by atoms with Crippen molar-refractivity contribution in [2.24, 2.45) is 0 Å². The van der Waals surface area contributed by atoms with Gasteiger partial charge in [0.05, 0.1) is 156 Å². The number of hydrogen-bond donors (Lipinski definition) is 1. The second-order valence-electron chi connectivity index (χ2n) is 17.7. The summed E-state index contributed by atoms with van der Waals surface area (Å²) in [4.78, 5) is 75.3. The van der Waals surface area contributed by atoms with Crippen LogP contribution in [0.1, 0.15) is 55.2 Å². The van der Waals surface area contributed by atoms with Gasteiger partial charge in [-0.15, -0.1) is 5.10 Å². The second-order valence-corrected chi connectivity index (χ2v) is 17.7. The molecule has 422 valence electrons. The monoisotopic (exact) mass is 1090 g/mol. The van der Waals surface area contributed by atoms with Crippen LogP contribution >= 0.6 is 0 Å². The van der Waals surface area contributed by atoms with E-state index < -0.39 is 11.7 Å². The van der Waals surface area contributed by atoms with Gasteiger partial charge in [0, 0.05) is 69.5 Å². The van der Waals surface area contributed by atoms with Gasteiger partial charge in [-0.25, -0.2) is 9.67 Å². The van der Waals surface area contributed by atoms with Gasteiger partial charge in [0.15, 0.2) is 0 Å². The van der Waals surface area contributed by atoms with Gasteiger partial charge in [0.25, 0.3) is 23.5 Å². The Bertz CT molecular complexity index is 2630. The second kappa shape index (κ2) is 32.9. The number of methoxy groups -OCH3 is 1. The van der Waals surface area contributed by atoms with Crippen LogP contribution in [0.2, 0.25) is 0 Å². The molecule has 0 bridgehead atoms. The van der Waals surface area contributed by atoms with Gasteiger partial charge in [-0.05, 0) is 29.8 Å². The number of benzene rings is 2. The first-order valence-electron chi connectivity index (χ1n) is 26.2. The van der Waals surface area contributed by atoms with Gasteiger partial charge in [-0.3, -0.25) is 28.9 Å². The summed E-state index contributed by atoms with van der Waals surface area (Å²) in [5.74, 6) is -1.26. The van der Waals surface area contributed by atoms with Crippen molar-refractivity contribution in [1.29, 1.82) is 0 Å². The predicted molar refractivity (Wildman–Crippen MR) is 278 cm³/mol. The zero-order valence-electron chi connectivity index (χ0n) is 44.2. The van der Waals surface area contributed by atoms with Crippen LogP contribution in [0.4, 0.5) is 0 Å². The fourth-order valence-corrected chi connectivity index (χ4v) is 8.01. The number of imide groups is 1. The number of hydrogen-bond acceptors (Lipinski definition) is 19. The number of fused-ring (bicyclic) bond motifs is 1. The summed E-state index contributed by atoms with van der Waals surface area (Å²) in [6.45, 7) is 9.99. The van der Waals surface area contributed by atoms with Gasteiger partial charge >= 0.3 is 0 Å². The molecule has 2 fully saturated rings. The molecule has 0 unspecified atom stereocenters. The minimum absolute atomic E-state index is 0.109. The molecule has 4 amide bonds. The van der Waals surface area contributed by atoms with Crippen molar-refractivity contribution >= 4 is 40.3 Å². The van der Waals surface area contributed by atoms with Gasteiger partial charge in [-0.2, -0.15) is 0 Å². The predicted octanol–water partition coefficient (Wildman–Crippen LogP) is 3.02. The van der Waals surface area contributed by atoms with Gasteiger partial charge in [0.2, 0.25) is 11.8 Å². The van der Waals surface area contributed by atoms with Crippen molar-refractivity contribution in [1.82, 2.24) is 39.7 Å². The van der Waals surface area contributed by atoms with Gasteiger partial charge < -0.3 is 66.9 Å². The number of β-lactam (4-membered cyclic amide) rings is 1. The Morgan fingerprint density at radius 2 is 1.17 bits per heavy atom. The lowest BCUT2D eigenvalue weighted by molar-refractivity contribution is -0.136. The SMILES string of the molecule is COc1cnc(OCCCOCCOCCOCCOCCn2cc(COCCOCCOCCOCCOCc3ccc(C(=O)N4CCC4=O)cc3)nn2)c2[nH]cc(C(=O)C(=O)N3CCN(C(=O)c4ccccc4)CC3)c12. The molecule has 2 aliphatic heterocycles. The fourth-order valence-electron chi connectivity index (χ4n) is 8.01. The molecule has 0 spiro atoms. The van der Waals surface area contributed by atoms with Crippen LogP contribution in [-0.2, 0) is 72.0 Å². The first-order valence-corrected chi connectivity index (χ1v) is 26.2. The summed E-state index contributed by atoms with van der Waals surface area (Å²) in [5.41, 5.74) is 3.30. The van der Waals surface area contributed by atoms with Crippen molar-refractivity contribution in [3.8, 4) is 11.6 Å². The minimum atomic E-state index is -0.692. The third kappa shape index (κ3) is 18.4. The van der Waals surface area contributed by atoms with Gasteiger partial charge in [0.1, 0.15) is 17.0 Å². The van der Waals surface area contributed by atoms with Crippen LogP contribution in [0.3, 0.4) is 0 Å². The molecule has 0 aliphatic carbocycles. The molecule has 0 radical (unpaired) electrons. The molecule has 2 aromatic carbocycles. The number of nitrogens with one attached hydrogen (secondary N) is 1. The number of carbonyl (C=O) groups excluding carboxylic acids is 5. The lowest BCUT2D eigenvalue weighted by Gasteiger charge is -2.34. The average molecular weight is 1090 g/mol. The zero-order chi connectivity index (χ0) is 54.6. The first kappa shape index (κ1) is 58.9. The van der Waals surface area contributed by atoms with E-state index in [1.165, 1.54) is 29.3 Å². The Labute approximate surface area is 452 Å². The molecule has 3 aromatic heterocycles. The van der Waals surface area contributed by atoms with E-state index in [1.807, 2.05) is 24.4 Å². The number of Topliss-reactive ketones (excluding diaryl/α,β-unsaturated/α-hetero) is 1. The van der Waals surface area contributed by atoms with E-state index in [2.05, 4.69) is 20.3 Å². The van der Waals surface area contributed by atoms with Crippen LogP contribution < -0.4 is 9.47 Å². The van der Waals surface area contributed by atoms with E-state index in [4.69, 9.17) is 52.1 Å². The third-order valence-corrected chi connectivity index (χ3v) is 12.3. The lowest BCUT2D eigenvalue weighted by Crippen LogP contribution is -2.52. The molecular weight excluding hydrogens is 1020 g/mol. The number of ketones is 1. The highest BCUT2D eigenvalue weighted by atomic mass is 16.6. The number of ether oxygens (including phenoxy) is 11. The number of nitrogens with zero attached hydrogens (tertiary/aromatic N) is 7. The molecule has 24 nitrogen and oxygen atoms in total. The van der Waals surface area contributed by atoms with Crippen LogP contribution in [0.25, 0.3) is 10.9 Å². The quantitative estimate of drug-likeness (QED) is 0.0196. The van der Waals surface area contributed by atoms with Crippen molar-refractivity contribution in [2.75, 3.05) is 152 Å². The minimum Gasteiger partial charge on any atom is -0.494 e. The first-order chi connectivity index (χ1) is 38.3. The number of likely N-dealkylation sites (tertiary alicyclic amines) is 1. The zero-order valence-corrected chi connectivity index (χ0v) is 44.2. The normalized spacial score (nSPS) is 13.6. The molecule has 2 saturated heterocycles. The average Bonchev–Trinajstić information content (AvgIpc) is 4.21. The summed E-state index contributed by atoms with van der Waals surface area (Å²) >= 11 is 0. The number of amides is 4. The van der Waals surface area contributed by atoms with Crippen molar-refractivity contribution in [3.05, 3.63) is 101 Å². The van der Waals surface area contributed by atoms with Crippen LogP contribution in [0, 0.1) is 0 Å². The van der Waals surface area contributed by atoms with E-state index in [-0.39, 0.29) is 42.3 Å². The number of aromatic amines is 1. The van der Waals surface area contributed by atoms with E-state index in [0.717, 1.165) is 5.56 Å². The number of aromatic nitrogens is 5. The standard InChI is InChI=1S/C54H70N8O16/c1-68-46-37-56-51(49-48(46)45(36-55-49)50(64)54(67)60-16-14-59(15-17-60)52(65)42-6-3-2-4-7-42)78-20-5-19-69-22-24-71-26-27-72-25-23-70-21-18-61-38-44(57-58-61)40-77-35-33-75-31-29-73-28-30-74-32-34-76-39-41-8-10-43(11-9-41)53(66)62-13-12-47(62)63/h2-4,6-11,36-38,55H,5,12-35,39-40H2,1H3. The number of carbonyl (C=O) groups is 5. The van der Waals surface area contributed by atoms with Crippen LogP contribution in [0.5, 0.6) is 11.6 Å². The third-order valence-electron chi connectivity index (χ3n) is 12.3. The van der Waals surface area contributed by atoms with Crippen LogP contribution in [-0.4, -0.2) is 221 Å². The molecule has 0 atom stereocenters. The van der Waals surface area contributed by atoms with E-state index in [0.29, 0.717) is 198 Å². The Morgan fingerprint density at radius 1 is 0.603 bits per heavy atom. The summed E-state index contributed by atoms with van der Waals surface area (Å²) in [7, 11) is 1.46. The number of H-pyrrole nitrogens is 1. The molecule has 5 heterocycles. The summed E-state index contributed by atoms with van der Waals surface area (Å²) in [6, 6.07) is 16.0. The maximum atomic E-state index is 13.5. The summed E-state index contributed by atoms with van der Waals surface area (Å²) in [5, 5.41) is 8.66. The molecule has 78 heavy (non-hydrogen) atoms. The Kier molecular flexibility index (Phi) is 24.8. The van der Waals surface area contributed by atoms with E-state index in [9.17, 15) is 24.0 Å². The van der Waals surface area contributed by atoms with Crippen LogP contribution in [0.15, 0.2) is 73.2 Å². The Hall–Kier alpha value is -6.74. The fraction of sp³-hybridized carbons (Fsp3) is 0.519. The Balaban J connectivity index is 0.611. The largest absolute Gasteiger partial charge is 0.494 e. The Morgan fingerprint density at radius 3 is 1.76 bits per heavy atom. The molecule has 24 heteroatoms. The summed E-state index contributed by atoms with van der Waals surface area (Å²) in [6.07, 6.45) is 5.74. The molecule has 2 aliphatic rings. The number of pyridine rings is 1. The highest BCUT2D eigenvalue weighted by molar-refractivity contribution is 6.45. The molecular formula is C54H70N8O16. The maximum Gasteiger partial charge on any atom is 0.295 e. The molecule has 5 aromatic rings. The molecule has 0 saturated carbocycles. The van der Waals surface area contributed by atoms with Crippen molar-refractivity contribution < 1.29 is 76.1 Å². The molecule has 1 N–H and O–H groups in total. The smallest absolute Gasteiger partial charge is 0.295 e. The number of rotatable bonds is 38. The van der Waals surface area contributed by atoms with Gasteiger partial charge in [-0.1, -0.05) is 35.5 Å². The highest BCUT2D eigenvalue weighted by Crippen LogP contribution is 2.34.